The molecule has 73 heavy (non-hydrogen) atoms. The van der Waals surface area contributed by atoms with Gasteiger partial charge in [0.05, 0.1) is 59.0 Å². The molecule has 0 aliphatic carbocycles. The summed E-state index contributed by atoms with van der Waals surface area (Å²) in [5, 5.41) is 5.52. The van der Waals surface area contributed by atoms with Crippen molar-refractivity contribution < 1.29 is 33.2 Å². The maximum Gasteiger partial charge on any atom is 0.268 e. The minimum Gasteiger partial charge on any atom is -0.403 e. The van der Waals surface area contributed by atoms with Crippen molar-refractivity contribution in [2.24, 2.45) is 5.73 Å². The number of unbranched alkanes of at least 4 members (excludes halogenated alkanes) is 33. The third kappa shape index (κ3) is 54.6. The summed E-state index contributed by atoms with van der Waals surface area (Å²) in [6.45, 7) is 12.7. The molecule has 0 bridgehead atoms. The molecule has 2 unspecified atom stereocenters. The van der Waals surface area contributed by atoms with E-state index in [1.165, 1.54) is 231 Å². The van der Waals surface area contributed by atoms with Crippen molar-refractivity contribution in [2.45, 2.75) is 283 Å². The lowest BCUT2D eigenvalue weighted by atomic mass is 10.0. The molecular formula is C63H123N3O7. The van der Waals surface area contributed by atoms with Crippen molar-refractivity contribution in [3.05, 3.63) is 36.2 Å². The van der Waals surface area contributed by atoms with Crippen LogP contribution in [0.15, 0.2) is 36.2 Å². The van der Waals surface area contributed by atoms with Gasteiger partial charge >= 0.3 is 0 Å². The van der Waals surface area contributed by atoms with E-state index in [1.807, 2.05) is 0 Å². The summed E-state index contributed by atoms with van der Waals surface area (Å²) >= 11 is 0. The van der Waals surface area contributed by atoms with Crippen molar-refractivity contribution in [3.63, 3.8) is 0 Å². The van der Waals surface area contributed by atoms with Crippen molar-refractivity contribution in [3.8, 4) is 0 Å². The lowest BCUT2D eigenvalue weighted by Gasteiger charge is -2.28. The van der Waals surface area contributed by atoms with Gasteiger partial charge in [-0.1, -0.05) is 225 Å². The second-order valence-electron chi connectivity index (χ2n) is 20.7. The van der Waals surface area contributed by atoms with Gasteiger partial charge in [0.25, 0.3) is 5.91 Å². The zero-order chi connectivity index (χ0) is 52.9. The lowest BCUT2D eigenvalue weighted by molar-refractivity contribution is -0.118. The first-order valence-corrected chi connectivity index (χ1v) is 31.4. The number of nitrogens with one attached hydrogen (secondary N) is 2. The molecule has 0 saturated heterocycles. The summed E-state index contributed by atoms with van der Waals surface area (Å²) in [6.07, 6.45) is 61.6. The fourth-order valence-electron chi connectivity index (χ4n) is 9.11. The van der Waals surface area contributed by atoms with Crippen molar-refractivity contribution >= 4 is 5.91 Å². The molecule has 0 heterocycles. The smallest absolute Gasteiger partial charge is 0.268 e. The number of carbonyl (C=O) groups is 1. The molecule has 0 aliphatic rings. The summed E-state index contributed by atoms with van der Waals surface area (Å²) in [4.78, 5) is 11.9. The van der Waals surface area contributed by atoms with Crippen LogP contribution in [0.5, 0.6) is 0 Å². The number of hydrogen-bond donors (Lipinski definition) is 3. The van der Waals surface area contributed by atoms with Crippen LogP contribution in [0, 0.1) is 0 Å². The van der Waals surface area contributed by atoms with E-state index >= 15 is 0 Å². The molecule has 0 saturated carbocycles. The molecule has 1 amide bonds. The number of allylic oxidation sites excluding steroid dienone is 4. The first-order valence-electron chi connectivity index (χ1n) is 31.4. The summed E-state index contributed by atoms with van der Waals surface area (Å²) in [6, 6.07) is 0. The van der Waals surface area contributed by atoms with Crippen LogP contribution in [0.4, 0.5) is 0 Å². The van der Waals surface area contributed by atoms with Gasteiger partial charge in [-0.3, -0.25) is 4.79 Å². The largest absolute Gasteiger partial charge is 0.403 e. The SMILES string of the molecule is CCCCCCCC/C=C\CCCCCCCCOCC(OCCCCCCCC/C=C\CCCCCCCC)C(CCCCCCCCCCCC)OCCOCCOCCOCCNC(=O)/C(=C/N)NC. The van der Waals surface area contributed by atoms with E-state index in [9.17, 15) is 4.79 Å². The Hall–Kier alpha value is -1.95. The highest BCUT2D eigenvalue weighted by molar-refractivity contribution is 5.92. The Morgan fingerprint density at radius 2 is 0.753 bits per heavy atom. The van der Waals surface area contributed by atoms with Crippen LogP contribution in [0.25, 0.3) is 0 Å². The molecule has 0 aromatic carbocycles. The van der Waals surface area contributed by atoms with Crippen LogP contribution >= 0.6 is 0 Å². The van der Waals surface area contributed by atoms with E-state index < -0.39 is 0 Å². The Morgan fingerprint density at radius 3 is 1.18 bits per heavy atom. The average molecular weight is 1030 g/mol. The van der Waals surface area contributed by atoms with Gasteiger partial charge in [0.15, 0.2) is 0 Å². The van der Waals surface area contributed by atoms with E-state index in [2.05, 4.69) is 55.7 Å². The Kier molecular flexibility index (Phi) is 60.9. The van der Waals surface area contributed by atoms with E-state index in [4.69, 9.17) is 34.2 Å². The van der Waals surface area contributed by atoms with Gasteiger partial charge < -0.3 is 44.8 Å². The highest BCUT2D eigenvalue weighted by Gasteiger charge is 2.23. The van der Waals surface area contributed by atoms with Crippen molar-refractivity contribution in [1.29, 1.82) is 0 Å². The fraction of sp³-hybridized carbons (Fsp3) is 0.889. The lowest BCUT2D eigenvalue weighted by Crippen LogP contribution is -2.37. The van der Waals surface area contributed by atoms with Gasteiger partial charge in [0, 0.05) is 33.0 Å². The Bertz CT molecular complexity index is 1170. The van der Waals surface area contributed by atoms with Gasteiger partial charge in [-0.05, 0) is 70.6 Å². The molecule has 0 fully saturated rings. The van der Waals surface area contributed by atoms with Gasteiger partial charge in [-0.15, -0.1) is 0 Å². The highest BCUT2D eigenvalue weighted by Crippen LogP contribution is 2.19. The van der Waals surface area contributed by atoms with Gasteiger partial charge in [-0.25, -0.2) is 0 Å². The molecule has 0 aliphatic heterocycles. The van der Waals surface area contributed by atoms with E-state index in [0.29, 0.717) is 65.1 Å². The highest BCUT2D eigenvalue weighted by atomic mass is 16.6. The first-order chi connectivity index (χ1) is 36.1. The van der Waals surface area contributed by atoms with Gasteiger partial charge in [-0.2, -0.15) is 0 Å². The van der Waals surface area contributed by atoms with E-state index in [-0.39, 0.29) is 18.1 Å². The molecule has 0 spiro atoms. The monoisotopic (exact) mass is 1030 g/mol. The minimum absolute atomic E-state index is 0.0130. The molecule has 0 aromatic rings. The first kappa shape index (κ1) is 71.0. The Balaban J connectivity index is 4.94. The number of hydrogen-bond acceptors (Lipinski definition) is 9. The molecule has 4 N–H and O–H groups in total. The topological polar surface area (TPSA) is 123 Å². The number of likely N-dealkylation sites (N-methyl/N-ethyl adjacent to an activating group) is 1. The van der Waals surface area contributed by atoms with E-state index in [1.54, 1.807) is 7.05 Å². The van der Waals surface area contributed by atoms with Crippen molar-refractivity contribution in [1.82, 2.24) is 10.6 Å². The second-order valence-corrected chi connectivity index (χ2v) is 20.7. The van der Waals surface area contributed by atoms with Crippen LogP contribution in [-0.4, -0.2) is 97.8 Å². The van der Waals surface area contributed by atoms with Gasteiger partial charge in [0.1, 0.15) is 11.8 Å². The fourth-order valence-corrected chi connectivity index (χ4v) is 9.11. The molecule has 2 atom stereocenters. The van der Waals surface area contributed by atoms with Crippen molar-refractivity contribution in [2.75, 3.05) is 79.7 Å². The average Bonchev–Trinajstić information content (AvgIpc) is 3.40. The molecule has 10 nitrogen and oxygen atoms in total. The third-order valence-corrected chi connectivity index (χ3v) is 13.8. The van der Waals surface area contributed by atoms with E-state index in [0.717, 1.165) is 38.9 Å². The zero-order valence-electron chi connectivity index (χ0n) is 48.8. The van der Waals surface area contributed by atoms with Gasteiger partial charge in [0.2, 0.25) is 0 Å². The molecule has 0 radical (unpaired) electrons. The molecular weight excluding hydrogens is 911 g/mol. The third-order valence-electron chi connectivity index (χ3n) is 13.8. The summed E-state index contributed by atoms with van der Waals surface area (Å²) in [5.41, 5.74) is 5.78. The number of carbonyl (C=O) groups excluding carboxylic acids is 1. The second kappa shape index (κ2) is 62.6. The molecule has 10 heteroatoms. The maximum atomic E-state index is 11.9. The summed E-state index contributed by atoms with van der Waals surface area (Å²) in [5.74, 6) is -0.254. The number of rotatable bonds is 62. The normalized spacial score (nSPS) is 13.0. The summed E-state index contributed by atoms with van der Waals surface area (Å²) < 4.78 is 37.0. The Morgan fingerprint density at radius 1 is 0.397 bits per heavy atom. The quantitative estimate of drug-likeness (QED) is 0.0310. The zero-order valence-corrected chi connectivity index (χ0v) is 48.8. The summed E-state index contributed by atoms with van der Waals surface area (Å²) in [7, 11) is 1.66. The maximum absolute atomic E-state index is 11.9. The predicted molar refractivity (Wildman–Crippen MR) is 312 cm³/mol. The van der Waals surface area contributed by atoms with Crippen LogP contribution < -0.4 is 16.4 Å². The molecule has 432 valence electrons. The number of nitrogens with two attached hydrogens (primary N) is 1. The standard InChI is InChI=1S/C63H123N3O7/c1-5-8-11-14-17-20-23-25-27-29-31-33-36-39-42-45-49-71-59-62(72-50-46-43-40-37-34-32-30-28-26-24-21-18-15-12-9-6-2)61(47-44-41-38-35-22-19-16-13-10-7-3)73-57-56-70-55-54-69-53-52-68-51-48-66-63(67)60(58-64)65-4/h25-28,58,61-62,65H,5-24,29-57,59,64H2,1-4H3,(H,66,67)/b27-25-,28-26-,60-58-. The van der Waals surface area contributed by atoms with Crippen LogP contribution in [0.1, 0.15) is 271 Å². The predicted octanol–water partition coefficient (Wildman–Crippen LogP) is 16.3. The number of amides is 1. The Labute approximate surface area is 453 Å². The van der Waals surface area contributed by atoms with Crippen LogP contribution in [0.3, 0.4) is 0 Å². The van der Waals surface area contributed by atoms with Crippen LogP contribution in [0.2, 0.25) is 0 Å². The molecule has 0 rings (SSSR count). The number of ether oxygens (including phenoxy) is 6. The molecule has 0 aromatic heterocycles. The van der Waals surface area contributed by atoms with Crippen LogP contribution in [-0.2, 0) is 33.2 Å². The minimum atomic E-state index is -0.254.